The molecule has 8 heavy (non-hydrogen) atoms. The summed E-state index contributed by atoms with van der Waals surface area (Å²) in [5, 5.41) is 11.2. The Morgan fingerprint density at radius 2 is 2.38 bits per heavy atom. The van der Waals surface area contributed by atoms with Crippen molar-refractivity contribution in [1.29, 1.82) is 5.26 Å². The lowest BCUT2D eigenvalue weighted by atomic mass is 10.6. The molecule has 0 saturated heterocycles. The lowest BCUT2D eigenvalue weighted by molar-refractivity contribution is 0.390. The van der Waals surface area contributed by atoms with Gasteiger partial charge in [-0.2, -0.15) is 5.26 Å². The molecule has 0 radical (unpaired) electrons. The van der Waals surface area contributed by atoms with Crippen molar-refractivity contribution >= 4 is 0 Å². The monoisotopic (exact) mass is 113 g/mol. The molecule has 3 heteroatoms. The van der Waals surface area contributed by atoms with Crippen LogP contribution < -0.4 is 5.32 Å². The van der Waals surface area contributed by atoms with Gasteiger partial charge >= 0.3 is 0 Å². The summed E-state index contributed by atoms with van der Waals surface area (Å²) in [5.41, 5.74) is 0. The van der Waals surface area contributed by atoms with Gasteiger partial charge in [0, 0.05) is 6.54 Å². The van der Waals surface area contributed by atoms with Crippen molar-refractivity contribution in [3.05, 3.63) is 0 Å². The molecule has 3 nitrogen and oxygen atoms in total. The van der Waals surface area contributed by atoms with Crippen molar-refractivity contribution in [2.75, 3.05) is 20.3 Å². The van der Waals surface area contributed by atoms with Gasteiger partial charge in [0.15, 0.2) is 6.19 Å². The molecule has 0 aliphatic rings. The number of hydrogen-bond acceptors (Lipinski definition) is 3. The van der Waals surface area contributed by atoms with Crippen LogP contribution in [0.3, 0.4) is 0 Å². The van der Waals surface area contributed by atoms with Crippen molar-refractivity contribution < 1.29 is 0 Å². The normalized spacial score (nSPS) is 8.12. The Hall–Kier alpha value is -0.750. The zero-order chi connectivity index (χ0) is 6.41. The fourth-order valence-corrected chi connectivity index (χ4v) is 0.409. The maximum Gasteiger partial charge on any atom is 0.180 e. The molecule has 0 unspecified atom stereocenters. The minimum absolute atomic E-state index is 0.646. The molecule has 0 aromatic carbocycles. The molecule has 0 aromatic heterocycles. The summed E-state index contributed by atoms with van der Waals surface area (Å²) in [7, 11) is 1.82. The van der Waals surface area contributed by atoms with E-state index in [9.17, 15) is 0 Å². The van der Waals surface area contributed by atoms with Crippen LogP contribution in [0.25, 0.3) is 0 Å². The molecule has 1 N–H and O–H groups in total. The Morgan fingerprint density at radius 3 is 2.50 bits per heavy atom. The lowest BCUT2D eigenvalue weighted by Gasteiger charge is -2.09. The molecule has 0 aromatic rings. The third-order valence-corrected chi connectivity index (χ3v) is 0.872. The highest BCUT2D eigenvalue weighted by Crippen LogP contribution is 1.76. The van der Waals surface area contributed by atoms with Gasteiger partial charge in [-0.15, -0.1) is 0 Å². The van der Waals surface area contributed by atoms with Crippen molar-refractivity contribution in [2.45, 2.75) is 6.92 Å². The van der Waals surface area contributed by atoms with Crippen LogP contribution >= 0.6 is 0 Å². The molecule has 0 amide bonds. The van der Waals surface area contributed by atoms with Gasteiger partial charge in [0.25, 0.3) is 0 Å². The third kappa shape index (κ3) is 2.43. The zero-order valence-electron chi connectivity index (χ0n) is 5.31. The highest BCUT2D eigenvalue weighted by molar-refractivity contribution is 4.69. The minimum atomic E-state index is 0.646. The maximum absolute atomic E-state index is 8.29. The molecule has 0 rings (SSSR count). The summed E-state index contributed by atoms with van der Waals surface area (Å²) in [6.07, 6.45) is 2.02. The summed E-state index contributed by atoms with van der Waals surface area (Å²) in [5.74, 6) is 0. The van der Waals surface area contributed by atoms with Crippen LogP contribution in [-0.4, -0.2) is 25.2 Å². The van der Waals surface area contributed by atoms with Crippen LogP contribution in [0.2, 0.25) is 0 Å². The lowest BCUT2D eigenvalue weighted by Crippen LogP contribution is -2.27. The second-order valence-electron chi connectivity index (χ2n) is 1.47. The van der Waals surface area contributed by atoms with Crippen LogP contribution in [0.15, 0.2) is 0 Å². The Balaban J connectivity index is 3.26. The second-order valence-corrected chi connectivity index (χ2v) is 1.47. The fraction of sp³-hybridized carbons (Fsp3) is 0.800. The first-order valence-corrected chi connectivity index (χ1v) is 2.64. The Morgan fingerprint density at radius 1 is 1.75 bits per heavy atom. The van der Waals surface area contributed by atoms with E-state index in [1.165, 1.54) is 0 Å². The predicted molar refractivity (Wildman–Crippen MR) is 31.9 cm³/mol. The number of nitrogens with zero attached hydrogens (tertiary/aromatic N) is 2. The number of nitriles is 1. The Bertz CT molecular complexity index is 84.2. The standard InChI is InChI=1S/C5H11N3/c1-3-8(4-6)5-7-2/h7H,3,5H2,1-2H3. The molecule has 0 atom stereocenters. The van der Waals surface area contributed by atoms with Crippen molar-refractivity contribution in [3.63, 3.8) is 0 Å². The molecular formula is C5H11N3. The minimum Gasteiger partial charge on any atom is -0.302 e. The molecule has 46 valence electrons. The largest absolute Gasteiger partial charge is 0.302 e. The number of hydrogen-bond donors (Lipinski definition) is 1. The second kappa shape index (κ2) is 4.41. The number of rotatable bonds is 3. The van der Waals surface area contributed by atoms with Gasteiger partial charge in [-0.25, -0.2) is 0 Å². The van der Waals surface area contributed by atoms with E-state index < -0.39 is 0 Å². The first-order valence-electron chi connectivity index (χ1n) is 2.64. The van der Waals surface area contributed by atoms with Crippen LogP contribution in [-0.2, 0) is 0 Å². The molecule has 0 bridgehead atoms. The summed E-state index contributed by atoms with van der Waals surface area (Å²) in [6, 6.07) is 0. The van der Waals surface area contributed by atoms with Gasteiger partial charge in [0.1, 0.15) is 0 Å². The summed E-state index contributed by atoms with van der Waals surface area (Å²) in [6.45, 7) is 3.37. The first kappa shape index (κ1) is 7.25. The van der Waals surface area contributed by atoms with Crippen LogP contribution in [0.4, 0.5) is 0 Å². The SMILES string of the molecule is CCN(C#N)CNC. The fourth-order valence-electron chi connectivity index (χ4n) is 0.409. The Labute approximate surface area is 49.9 Å². The third-order valence-electron chi connectivity index (χ3n) is 0.872. The average molecular weight is 113 g/mol. The maximum atomic E-state index is 8.29. The van der Waals surface area contributed by atoms with Gasteiger partial charge in [0.2, 0.25) is 0 Å². The van der Waals surface area contributed by atoms with Gasteiger partial charge in [-0.1, -0.05) is 0 Å². The van der Waals surface area contributed by atoms with E-state index in [2.05, 4.69) is 5.32 Å². The van der Waals surface area contributed by atoms with Gasteiger partial charge in [0.05, 0.1) is 6.67 Å². The molecule has 0 aliphatic carbocycles. The molecule has 0 spiro atoms. The van der Waals surface area contributed by atoms with Crippen molar-refractivity contribution in [3.8, 4) is 6.19 Å². The highest BCUT2D eigenvalue weighted by Gasteiger charge is 1.90. The van der Waals surface area contributed by atoms with E-state index in [4.69, 9.17) is 5.26 Å². The topological polar surface area (TPSA) is 39.1 Å². The van der Waals surface area contributed by atoms with Crippen LogP contribution in [0.5, 0.6) is 0 Å². The zero-order valence-corrected chi connectivity index (χ0v) is 5.31. The molecular weight excluding hydrogens is 102 g/mol. The quantitative estimate of drug-likeness (QED) is 0.317. The average Bonchev–Trinajstić information content (AvgIpc) is 1.83. The summed E-state index contributed by atoms with van der Waals surface area (Å²) >= 11 is 0. The summed E-state index contributed by atoms with van der Waals surface area (Å²) in [4.78, 5) is 1.62. The molecule has 0 aliphatic heterocycles. The highest BCUT2D eigenvalue weighted by atomic mass is 15.2. The van der Waals surface area contributed by atoms with E-state index >= 15 is 0 Å². The summed E-state index contributed by atoms with van der Waals surface area (Å²) < 4.78 is 0. The smallest absolute Gasteiger partial charge is 0.180 e. The van der Waals surface area contributed by atoms with Crippen LogP contribution in [0.1, 0.15) is 6.92 Å². The predicted octanol–water partition coefficient (Wildman–Crippen LogP) is -0.0337. The molecule has 0 fully saturated rings. The van der Waals surface area contributed by atoms with Crippen molar-refractivity contribution in [1.82, 2.24) is 10.2 Å². The molecule has 0 saturated carbocycles. The Kier molecular flexibility index (Phi) is 4.00. The van der Waals surface area contributed by atoms with E-state index in [1.54, 1.807) is 4.90 Å². The van der Waals surface area contributed by atoms with E-state index in [1.807, 2.05) is 20.2 Å². The van der Waals surface area contributed by atoms with Gasteiger partial charge in [-0.3, -0.25) is 4.90 Å². The number of nitrogens with one attached hydrogen (secondary N) is 1. The molecule has 0 heterocycles. The van der Waals surface area contributed by atoms with E-state index in [0.717, 1.165) is 6.54 Å². The van der Waals surface area contributed by atoms with Crippen LogP contribution in [0, 0.1) is 11.5 Å². The van der Waals surface area contributed by atoms with E-state index in [-0.39, 0.29) is 0 Å². The van der Waals surface area contributed by atoms with Gasteiger partial charge < -0.3 is 5.32 Å². The van der Waals surface area contributed by atoms with Gasteiger partial charge in [-0.05, 0) is 14.0 Å². The first-order chi connectivity index (χ1) is 3.85. The van der Waals surface area contributed by atoms with Crippen molar-refractivity contribution in [2.24, 2.45) is 0 Å². The van der Waals surface area contributed by atoms with E-state index in [0.29, 0.717) is 6.67 Å².